The molecule has 4 rings (SSSR count). The predicted octanol–water partition coefficient (Wildman–Crippen LogP) is 4.21. The first kappa shape index (κ1) is 17.3. The lowest BCUT2D eigenvalue weighted by atomic mass is 10.0. The second kappa shape index (κ2) is 8.04. The van der Waals surface area contributed by atoms with E-state index in [-0.39, 0.29) is 12.2 Å². The van der Waals surface area contributed by atoms with Crippen LogP contribution in [0.5, 0.6) is 0 Å². The highest BCUT2D eigenvalue weighted by atomic mass is 16.3. The van der Waals surface area contributed by atoms with Gasteiger partial charge in [0.1, 0.15) is 5.76 Å². The number of nitrogens with one attached hydrogen (secondary N) is 1. The number of hydrogen-bond donors (Lipinski definition) is 2. The minimum Gasteiger partial charge on any atom is -0.468 e. The maximum Gasteiger partial charge on any atom is 0.122 e. The van der Waals surface area contributed by atoms with E-state index < -0.39 is 0 Å². The third kappa shape index (κ3) is 3.68. The van der Waals surface area contributed by atoms with Crippen molar-refractivity contribution in [2.75, 3.05) is 19.6 Å². The van der Waals surface area contributed by atoms with Gasteiger partial charge >= 0.3 is 0 Å². The van der Waals surface area contributed by atoms with Gasteiger partial charge in [0, 0.05) is 6.54 Å². The topological polar surface area (TPSA) is 54.4 Å². The molecule has 2 atom stereocenters. The van der Waals surface area contributed by atoms with Gasteiger partial charge in [-0.15, -0.1) is 0 Å². The largest absolute Gasteiger partial charge is 0.468 e. The van der Waals surface area contributed by atoms with E-state index in [4.69, 9.17) is 10.2 Å². The van der Waals surface area contributed by atoms with Gasteiger partial charge in [-0.25, -0.2) is 0 Å². The van der Waals surface area contributed by atoms with Gasteiger partial charge in [-0.3, -0.25) is 10.2 Å². The Morgan fingerprint density at radius 3 is 2.58 bits per heavy atom. The Bertz CT molecular complexity index is 819. The van der Waals surface area contributed by atoms with Gasteiger partial charge in [-0.2, -0.15) is 0 Å². The van der Waals surface area contributed by atoms with Gasteiger partial charge in [-0.05, 0) is 54.4 Å². The number of nitrogens with zero attached hydrogens (tertiary/aromatic N) is 1. The zero-order valence-corrected chi connectivity index (χ0v) is 15.1. The van der Waals surface area contributed by atoms with E-state index in [9.17, 15) is 0 Å². The lowest BCUT2D eigenvalue weighted by Crippen LogP contribution is -2.41. The van der Waals surface area contributed by atoms with E-state index in [1.807, 2.05) is 6.07 Å². The SMILES string of the molecule is NC(NCC(c1ccco1)N1CCCCC1)c1cccc2ccccc12. The van der Waals surface area contributed by atoms with E-state index in [2.05, 4.69) is 58.7 Å². The number of benzene rings is 2. The van der Waals surface area contributed by atoms with Crippen LogP contribution in [0, 0.1) is 0 Å². The van der Waals surface area contributed by atoms with Crippen molar-refractivity contribution in [1.29, 1.82) is 0 Å². The Kier molecular flexibility index (Phi) is 5.34. The van der Waals surface area contributed by atoms with Gasteiger partial charge < -0.3 is 10.2 Å². The van der Waals surface area contributed by atoms with E-state index >= 15 is 0 Å². The van der Waals surface area contributed by atoms with Crippen molar-refractivity contribution in [3.05, 3.63) is 72.2 Å². The van der Waals surface area contributed by atoms with Crippen LogP contribution in [0.1, 0.15) is 42.8 Å². The molecule has 2 unspecified atom stereocenters. The predicted molar refractivity (Wildman–Crippen MR) is 106 cm³/mol. The fraction of sp³-hybridized carbons (Fsp3) is 0.364. The van der Waals surface area contributed by atoms with Crippen LogP contribution in [0.25, 0.3) is 10.8 Å². The number of likely N-dealkylation sites (tertiary alicyclic amines) is 1. The van der Waals surface area contributed by atoms with E-state index in [0.29, 0.717) is 0 Å². The van der Waals surface area contributed by atoms with Gasteiger partial charge in [0.25, 0.3) is 0 Å². The van der Waals surface area contributed by atoms with Crippen molar-refractivity contribution in [2.45, 2.75) is 31.5 Å². The molecule has 1 aromatic heterocycles. The fourth-order valence-corrected chi connectivity index (χ4v) is 3.99. The highest BCUT2D eigenvalue weighted by Gasteiger charge is 2.25. The Hall–Kier alpha value is -2.14. The van der Waals surface area contributed by atoms with E-state index in [1.54, 1.807) is 6.26 Å². The molecule has 0 radical (unpaired) electrons. The molecule has 0 amide bonds. The molecular formula is C22H27N3O. The average molecular weight is 349 g/mol. The Labute approximate surface area is 155 Å². The highest BCUT2D eigenvalue weighted by Crippen LogP contribution is 2.26. The molecule has 1 fully saturated rings. The Morgan fingerprint density at radius 1 is 0.962 bits per heavy atom. The monoisotopic (exact) mass is 349 g/mol. The minimum absolute atomic E-state index is 0.205. The molecule has 1 aliphatic heterocycles. The second-order valence-electron chi connectivity index (χ2n) is 7.08. The van der Waals surface area contributed by atoms with Crippen LogP contribution in [0.3, 0.4) is 0 Å². The number of hydrogen-bond acceptors (Lipinski definition) is 4. The summed E-state index contributed by atoms with van der Waals surface area (Å²) in [6, 6.07) is 19.0. The van der Waals surface area contributed by atoms with Gasteiger partial charge in [0.05, 0.1) is 18.5 Å². The molecule has 3 N–H and O–H groups in total. The normalized spacial score (nSPS) is 18.0. The van der Waals surface area contributed by atoms with Crippen LogP contribution < -0.4 is 11.1 Å². The fourth-order valence-electron chi connectivity index (χ4n) is 3.99. The molecule has 0 bridgehead atoms. The summed E-state index contributed by atoms with van der Waals surface area (Å²) in [6.07, 6.45) is 5.39. The number of nitrogens with two attached hydrogens (primary N) is 1. The summed E-state index contributed by atoms with van der Waals surface area (Å²) in [4.78, 5) is 2.52. The summed E-state index contributed by atoms with van der Waals surface area (Å²) in [5.74, 6) is 1.02. The number of rotatable bonds is 6. The maximum atomic E-state index is 6.53. The first-order valence-corrected chi connectivity index (χ1v) is 9.57. The molecule has 3 aromatic rings. The second-order valence-corrected chi connectivity index (χ2v) is 7.08. The molecule has 4 nitrogen and oxygen atoms in total. The van der Waals surface area contributed by atoms with Gasteiger partial charge in [0.2, 0.25) is 0 Å². The number of fused-ring (bicyclic) bond motifs is 1. The minimum atomic E-state index is -0.205. The molecule has 136 valence electrons. The first-order chi connectivity index (χ1) is 12.8. The number of piperidine rings is 1. The average Bonchev–Trinajstić information content (AvgIpc) is 3.23. The maximum absolute atomic E-state index is 6.53. The standard InChI is InChI=1S/C22H27N3O/c23-22(19-11-6-9-17-8-2-3-10-18(17)19)24-16-20(21-12-7-15-26-21)25-13-4-1-5-14-25/h2-3,6-12,15,20,22,24H,1,4-5,13-14,16,23H2. The molecular weight excluding hydrogens is 322 g/mol. The smallest absolute Gasteiger partial charge is 0.122 e. The molecule has 4 heteroatoms. The molecule has 1 saturated heterocycles. The van der Waals surface area contributed by atoms with E-state index in [0.717, 1.165) is 31.0 Å². The van der Waals surface area contributed by atoms with Crippen molar-refractivity contribution in [1.82, 2.24) is 10.2 Å². The van der Waals surface area contributed by atoms with Crippen molar-refractivity contribution >= 4 is 10.8 Å². The third-order valence-electron chi connectivity index (χ3n) is 5.39. The highest BCUT2D eigenvalue weighted by molar-refractivity contribution is 5.86. The van der Waals surface area contributed by atoms with E-state index in [1.165, 1.54) is 30.0 Å². The van der Waals surface area contributed by atoms with Crippen LogP contribution in [-0.2, 0) is 0 Å². The summed E-state index contributed by atoms with van der Waals surface area (Å²) in [7, 11) is 0. The lowest BCUT2D eigenvalue weighted by Gasteiger charge is -2.34. The zero-order valence-electron chi connectivity index (χ0n) is 15.1. The molecule has 0 spiro atoms. The molecule has 2 heterocycles. The summed E-state index contributed by atoms with van der Waals surface area (Å²) in [6.45, 7) is 3.02. The molecule has 0 aliphatic carbocycles. The summed E-state index contributed by atoms with van der Waals surface area (Å²) < 4.78 is 5.73. The van der Waals surface area contributed by atoms with Crippen LogP contribution in [0.2, 0.25) is 0 Å². The molecule has 2 aromatic carbocycles. The lowest BCUT2D eigenvalue weighted by molar-refractivity contribution is 0.140. The van der Waals surface area contributed by atoms with Crippen molar-refractivity contribution < 1.29 is 4.42 Å². The van der Waals surface area contributed by atoms with Crippen molar-refractivity contribution in [3.63, 3.8) is 0 Å². The third-order valence-corrected chi connectivity index (χ3v) is 5.39. The van der Waals surface area contributed by atoms with Crippen LogP contribution in [0.4, 0.5) is 0 Å². The summed E-state index contributed by atoms with van der Waals surface area (Å²) in [5, 5.41) is 5.99. The van der Waals surface area contributed by atoms with Crippen LogP contribution in [-0.4, -0.2) is 24.5 Å². The van der Waals surface area contributed by atoms with Crippen molar-refractivity contribution in [2.24, 2.45) is 5.73 Å². The quantitative estimate of drug-likeness (QED) is 0.655. The van der Waals surface area contributed by atoms with Crippen LogP contribution in [0.15, 0.2) is 65.3 Å². The van der Waals surface area contributed by atoms with Gasteiger partial charge in [-0.1, -0.05) is 48.9 Å². The zero-order chi connectivity index (χ0) is 17.8. The Morgan fingerprint density at radius 2 is 1.77 bits per heavy atom. The van der Waals surface area contributed by atoms with Gasteiger partial charge in [0.15, 0.2) is 0 Å². The Balaban J connectivity index is 1.51. The summed E-state index contributed by atoms with van der Waals surface area (Å²) in [5.41, 5.74) is 7.67. The van der Waals surface area contributed by atoms with Crippen LogP contribution >= 0.6 is 0 Å². The summed E-state index contributed by atoms with van der Waals surface area (Å²) >= 11 is 0. The van der Waals surface area contributed by atoms with Crippen molar-refractivity contribution in [3.8, 4) is 0 Å². The molecule has 26 heavy (non-hydrogen) atoms. The molecule has 1 aliphatic rings. The molecule has 0 saturated carbocycles. The number of furan rings is 1. The first-order valence-electron chi connectivity index (χ1n) is 9.57.